The molecule has 1 atom stereocenters. The third-order valence-electron chi connectivity index (χ3n) is 4.75. The number of nitriles is 1. The van der Waals surface area contributed by atoms with Gasteiger partial charge in [-0.2, -0.15) is 5.26 Å². The van der Waals surface area contributed by atoms with Gasteiger partial charge in [0, 0.05) is 18.7 Å². The van der Waals surface area contributed by atoms with Crippen molar-refractivity contribution in [2.45, 2.75) is 5.92 Å². The number of nitrogen functional groups attached to an aromatic ring is 1. The van der Waals surface area contributed by atoms with Crippen molar-refractivity contribution in [2.24, 2.45) is 7.05 Å². The smallest absolute Gasteiger partial charge is 0.254 e. The minimum atomic E-state index is -0.176. The Morgan fingerprint density at radius 2 is 1.85 bits per heavy atom. The lowest BCUT2D eigenvalue weighted by Gasteiger charge is -2.21. The monoisotopic (exact) mass is 352 g/mol. The molecule has 5 heteroatoms. The first-order chi connectivity index (χ1) is 13.1. The fraction of sp³-hybridized carbons (Fsp3) is 0.0909. The summed E-state index contributed by atoms with van der Waals surface area (Å²) in [6.07, 6.45) is 1.89. The van der Waals surface area contributed by atoms with Crippen LogP contribution >= 0.6 is 0 Å². The van der Waals surface area contributed by atoms with Gasteiger partial charge >= 0.3 is 0 Å². The second-order valence-electron chi connectivity index (χ2n) is 6.41. The zero-order valence-electron chi connectivity index (χ0n) is 14.7. The van der Waals surface area contributed by atoms with Crippen molar-refractivity contribution in [1.29, 1.82) is 5.26 Å². The van der Waals surface area contributed by atoms with Crippen LogP contribution in [-0.2, 0) is 7.05 Å². The van der Waals surface area contributed by atoms with E-state index in [1.54, 1.807) is 13.1 Å². The van der Waals surface area contributed by atoms with Gasteiger partial charge in [-0.05, 0) is 34.9 Å². The first-order valence-corrected chi connectivity index (χ1v) is 8.48. The van der Waals surface area contributed by atoms with Gasteiger partial charge in [0.15, 0.2) is 0 Å². The third kappa shape index (κ3) is 2.95. The van der Waals surface area contributed by atoms with Crippen LogP contribution in [0, 0.1) is 11.3 Å². The van der Waals surface area contributed by atoms with Gasteiger partial charge in [-0.3, -0.25) is 9.36 Å². The molecular formula is C22H16N4O. The van der Waals surface area contributed by atoms with Crippen LogP contribution < -0.4 is 11.3 Å². The summed E-state index contributed by atoms with van der Waals surface area (Å²) in [7, 11) is 1.60. The van der Waals surface area contributed by atoms with E-state index in [9.17, 15) is 4.79 Å². The molecule has 0 saturated heterocycles. The summed E-state index contributed by atoms with van der Waals surface area (Å²) in [5.41, 5.74) is 14.1. The maximum Gasteiger partial charge on any atom is 0.254 e. The quantitative estimate of drug-likeness (QED) is 0.733. The van der Waals surface area contributed by atoms with Gasteiger partial charge in [-0.25, -0.2) is 4.98 Å². The van der Waals surface area contributed by atoms with E-state index in [0.717, 1.165) is 22.3 Å². The zero-order chi connectivity index (χ0) is 19.0. The Hall–Kier alpha value is -3.87. The van der Waals surface area contributed by atoms with E-state index in [0.29, 0.717) is 11.3 Å². The average Bonchev–Trinajstić information content (AvgIpc) is 2.66. The third-order valence-corrected chi connectivity index (χ3v) is 4.75. The lowest BCUT2D eigenvalue weighted by molar-refractivity contribution is 0.815. The molecule has 0 amide bonds. The molecule has 0 spiro atoms. The number of anilines is 1. The highest BCUT2D eigenvalue weighted by atomic mass is 16.1. The number of nitrogens with zero attached hydrogens (tertiary/aromatic N) is 3. The Morgan fingerprint density at radius 3 is 2.48 bits per heavy atom. The van der Waals surface area contributed by atoms with Crippen LogP contribution in [0.5, 0.6) is 0 Å². The Kier molecular flexibility index (Phi) is 3.97. The summed E-state index contributed by atoms with van der Waals surface area (Å²) in [5, 5.41) is 9.06. The highest BCUT2D eigenvalue weighted by Gasteiger charge is 2.23. The van der Waals surface area contributed by atoms with Crippen LogP contribution in [0.15, 0.2) is 71.2 Å². The number of hydrogen-bond donors (Lipinski definition) is 1. The lowest BCUT2D eigenvalue weighted by atomic mass is 9.83. The molecule has 3 aromatic rings. The molecular weight excluding hydrogens is 336 g/mol. The number of benzene rings is 2. The highest BCUT2D eigenvalue weighted by molar-refractivity contribution is 5.79. The Morgan fingerprint density at radius 1 is 1.11 bits per heavy atom. The van der Waals surface area contributed by atoms with Gasteiger partial charge < -0.3 is 5.73 Å². The fourth-order valence-electron chi connectivity index (χ4n) is 3.09. The highest BCUT2D eigenvalue weighted by Crippen LogP contribution is 2.37. The van der Waals surface area contributed by atoms with Crippen molar-refractivity contribution in [1.82, 2.24) is 9.55 Å². The van der Waals surface area contributed by atoms with Gasteiger partial charge in [0.05, 0.1) is 23.2 Å². The minimum Gasteiger partial charge on any atom is -0.369 e. The topological polar surface area (TPSA) is 84.7 Å². The molecule has 1 unspecified atom stereocenters. The van der Waals surface area contributed by atoms with Crippen LogP contribution in [0.4, 0.5) is 5.95 Å². The van der Waals surface area contributed by atoms with Crippen molar-refractivity contribution in [3.63, 3.8) is 0 Å². The molecule has 0 fully saturated rings. The molecule has 1 aliphatic rings. The van der Waals surface area contributed by atoms with E-state index in [-0.39, 0.29) is 17.4 Å². The largest absolute Gasteiger partial charge is 0.369 e. The Bertz CT molecular complexity index is 1210. The number of allylic oxidation sites excluding steroid dienone is 1. The molecule has 4 rings (SSSR count). The molecule has 0 saturated carbocycles. The molecule has 0 bridgehead atoms. The molecule has 2 N–H and O–H groups in total. The Labute approximate surface area is 156 Å². The number of hydrogen-bond acceptors (Lipinski definition) is 4. The maximum atomic E-state index is 12.0. The van der Waals surface area contributed by atoms with Crippen LogP contribution in [0.3, 0.4) is 0 Å². The molecule has 5 nitrogen and oxygen atoms in total. The Balaban J connectivity index is 1.62. The van der Waals surface area contributed by atoms with Crippen molar-refractivity contribution in [2.75, 3.05) is 5.73 Å². The maximum absolute atomic E-state index is 12.0. The molecule has 0 radical (unpaired) electrons. The second kappa shape index (κ2) is 6.45. The normalized spacial score (nSPS) is 15.0. The molecule has 2 aromatic carbocycles. The molecule has 1 aromatic heterocycles. The summed E-state index contributed by atoms with van der Waals surface area (Å²) in [4.78, 5) is 16.3. The van der Waals surface area contributed by atoms with E-state index in [1.165, 1.54) is 10.6 Å². The van der Waals surface area contributed by atoms with Crippen LogP contribution in [0.1, 0.15) is 22.7 Å². The fourth-order valence-corrected chi connectivity index (χ4v) is 3.09. The second-order valence-corrected chi connectivity index (χ2v) is 6.41. The SMILES string of the molecule is Cn1c(N)nc(C2C=C=C2c2ccc(-c3cccc(C#N)c3)cc2)cc1=O. The summed E-state index contributed by atoms with van der Waals surface area (Å²) >= 11 is 0. The number of nitrogens with two attached hydrogens (primary N) is 1. The number of aromatic nitrogens is 2. The summed E-state index contributed by atoms with van der Waals surface area (Å²) in [6.45, 7) is 0. The number of rotatable bonds is 3. The van der Waals surface area contributed by atoms with Gasteiger partial charge in [-0.1, -0.05) is 36.4 Å². The molecule has 27 heavy (non-hydrogen) atoms. The zero-order valence-corrected chi connectivity index (χ0v) is 14.7. The van der Waals surface area contributed by atoms with Crippen molar-refractivity contribution in [3.8, 4) is 17.2 Å². The van der Waals surface area contributed by atoms with E-state index in [4.69, 9.17) is 11.0 Å². The molecule has 0 aliphatic heterocycles. The molecule has 130 valence electrons. The van der Waals surface area contributed by atoms with Crippen LogP contribution in [-0.4, -0.2) is 9.55 Å². The van der Waals surface area contributed by atoms with E-state index in [2.05, 4.69) is 16.8 Å². The van der Waals surface area contributed by atoms with E-state index in [1.807, 2.05) is 48.5 Å². The van der Waals surface area contributed by atoms with Gasteiger partial charge in [0.1, 0.15) is 0 Å². The van der Waals surface area contributed by atoms with E-state index < -0.39 is 0 Å². The van der Waals surface area contributed by atoms with Gasteiger partial charge in [-0.15, -0.1) is 5.73 Å². The standard InChI is InChI=1S/C22H16N4O/c1-26-21(27)12-20(25-22(26)24)19-10-9-18(19)16-7-5-15(6-8-16)17-4-2-3-14(11-17)13-23/h2-8,10-12,19H,1H3,(H2,24,25). The minimum absolute atomic E-state index is 0.0889. The van der Waals surface area contributed by atoms with Gasteiger partial charge in [0.2, 0.25) is 5.95 Å². The van der Waals surface area contributed by atoms with Crippen LogP contribution in [0.2, 0.25) is 0 Å². The first kappa shape index (κ1) is 16.6. The van der Waals surface area contributed by atoms with Crippen molar-refractivity contribution >= 4 is 11.5 Å². The molecule has 1 aliphatic carbocycles. The predicted molar refractivity (Wildman–Crippen MR) is 105 cm³/mol. The first-order valence-electron chi connectivity index (χ1n) is 8.48. The average molecular weight is 352 g/mol. The van der Waals surface area contributed by atoms with Gasteiger partial charge in [0.25, 0.3) is 5.56 Å². The summed E-state index contributed by atoms with van der Waals surface area (Å²) in [5.74, 6) is 0.110. The van der Waals surface area contributed by atoms with Crippen molar-refractivity contribution < 1.29 is 0 Å². The van der Waals surface area contributed by atoms with E-state index >= 15 is 0 Å². The predicted octanol–water partition coefficient (Wildman–Crippen LogP) is 3.24. The summed E-state index contributed by atoms with van der Waals surface area (Å²) < 4.78 is 1.32. The molecule has 1 heterocycles. The van der Waals surface area contributed by atoms with Crippen LogP contribution in [0.25, 0.3) is 16.7 Å². The van der Waals surface area contributed by atoms with Crippen molar-refractivity contribution in [3.05, 3.63) is 93.6 Å². The summed E-state index contributed by atoms with van der Waals surface area (Å²) in [6, 6.07) is 19.2. The lowest BCUT2D eigenvalue weighted by Crippen LogP contribution is -2.23.